The van der Waals surface area contributed by atoms with Gasteiger partial charge in [0.25, 0.3) is 5.91 Å². The van der Waals surface area contributed by atoms with Crippen LogP contribution in [0.2, 0.25) is 0 Å². The van der Waals surface area contributed by atoms with E-state index < -0.39 is 5.54 Å². The molecule has 2 saturated heterocycles. The Morgan fingerprint density at radius 3 is 2.65 bits per heavy atom. The van der Waals surface area contributed by atoms with E-state index in [1.807, 2.05) is 6.92 Å². The van der Waals surface area contributed by atoms with E-state index in [0.717, 1.165) is 32.5 Å². The highest BCUT2D eigenvalue weighted by Gasteiger charge is 2.46. The van der Waals surface area contributed by atoms with Crippen LogP contribution >= 0.6 is 0 Å². The normalized spacial score (nSPS) is 26.2. The summed E-state index contributed by atoms with van der Waals surface area (Å²) in [5.74, 6) is 0.752. The number of nitrogens with zero attached hydrogens (tertiary/aromatic N) is 2. The lowest BCUT2D eigenvalue weighted by Gasteiger charge is -2.37. The highest BCUT2D eigenvalue weighted by atomic mass is 16.2. The zero-order valence-corrected chi connectivity index (χ0v) is 10.8. The lowest BCUT2D eigenvalue weighted by Crippen LogP contribution is -2.54. The molecule has 5 heteroatoms. The summed E-state index contributed by atoms with van der Waals surface area (Å²) in [7, 11) is 0. The molecule has 0 aromatic heterocycles. The Hall–Kier alpha value is -1.10. The molecule has 2 aliphatic heterocycles. The molecular weight excluding hydrogens is 216 g/mol. The van der Waals surface area contributed by atoms with Gasteiger partial charge in [0.05, 0.1) is 0 Å². The number of likely N-dealkylation sites (tertiary alicyclic amines) is 1. The molecule has 0 aromatic rings. The first-order valence-electron chi connectivity index (χ1n) is 6.56. The minimum Gasteiger partial charge on any atom is -0.342 e. The SMILES string of the molecule is CCCN1CCC2(CC1)NC(=NCC)NC2=O. The Balaban J connectivity index is 1.98. The second-order valence-corrected chi connectivity index (χ2v) is 4.83. The highest BCUT2D eigenvalue weighted by Crippen LogP contribution is 2.25. The fraction of sp³-hybridized carbons (Fsp3) is 0.833. The first kappa shape index (κ1) is 12.4. The van der Waals surface area contributed by atoms with Crippen LogP contribution in [0, 0.1) is 0 Å². The number of guanidine groups is 1. The van der Waals surface area contributed by atoms with Gasteiger partial charge in [-0.05, 0) is 32.7 Å². The van der Waals surface area contributed by atoms with E-state index in [1.165, 1.54) is 6.42 Å². The maximum atomic E-state index is 12.0. The van der Waals surface area contributed by atoms with Gasteiger partial charge in [-0.1, -0.05) is 6.92 Å². The maximum absolute atomic E-state index is 12.0. The number of nitrogens with one attached hydrogen (secondary N) is 2. The fourth-order valence-corrected chi connectivity index (χ4v) is 2.61. The van der Waals surface area contributed by atoms with Crippen LogP contribution in [0.25, 0.3) is 0 Å². The van der Waals surface area contributed by atoms with Crippen molar-refractivity contribution in [2.75, 3.05) is 26.2 Å². The lowest BCUT2D eigenvalue weighted by atomic mass is 9.88. The van der Waals surface area contributed by atoms with Crippen LogP contribution < -0.4 is 10.6 Å². The minimum absolute atomic E-state index is 0.0980. The summed E-state index contributed by atoms with van der Waals surface area (Å²) in [6, 6.07) is 0. The first-order valence-corrected chi connectivity index (χ1v) is 6.56. The molecule has 2 rings (SSSR count). The molecule has 0 saturated carbocycles. The second-order valence-electron chi connectivity index (χ2n) is 4.83. The molecule has 1 amide bonds. The molecule has 0 radical (unpaired) electrons. The second kappa shape index (κ2) is 5.04. The summed E-state index contributed by atoms with van der Waals surface area (Å²) in [6.07, 6.45) is 2.93. The molecule has 2 fully saturated rings. The van der Waals surface area contributed by atoms with Crippen LogP contribution in [-0.2, 0) is 4.79 Å². The Morgan fingerprint density at radius 1 is 1.35 bits per heavy atom. The molecule has 0 aliphatic carbocycles. The van der Waals surface area contributed by atoms with E-state index in [0.29, 0.717) is 12.5 Å². The Kier molecular flexibility index (Phi) is 3.66. The number of amides is 1. The first-order chi connectivity index (χ1) is 8.20. The van der Waals surface area contributed by atoms with E-state index >= 15 is 0 Å². The molecule has 0 unspecified atom stereocenters. The largest absolute Gasteiger partial charge is 0.342 e. The maximum Gasteiger partial charge on any atom is 0.252 e. The van der Waals surface area contributed by atoms with Crippen LogP contribution in [0.5, 0.6) is 0 Å². The standard InChI is InChI=1S/C12H22N4O/c1-3-7-16-8-5-12(6-9-16)10(17)14-11(15-12)13-4-2/h3-9H2,1-2H3,(H2,13,14,15,17). The van der Waals surface area contributed by atoms with Crippen molar-refractivity contribution in [2.45, 2.75) is 38.6 Å². The third-order valence-corrected chi connectivity index (χ3v) is 3.59. The van der Waals surface area contributed by atoms with Crippen molar-refractivity contribution in [1.82, 2.24) is 15.5 Å². The Labute approximate surface area is 103 Å². The van der Waals surface area contributed by atoms with Crippen molar-refractivity contribution in [3.05, 3.63) is 0 Å². The number of carbonyl (C=O) groups excluding carboxylic acids is 1. The van der Waals surface area contributed by atoms with Crippen molar-refractivity contribution in [1.29, 1.82) is 0 Å². The molecule has 5 nitrogen and oxygen atoms in total. The molecule has 96 valence electrons. The lowest BCUT2D eigenvalue weighted by molar-refractivity contribution is -0.125. The average Bonchev–Trinajstić information content (AvgIpc) is 2.60. The molecule has 2 heterocycles. The third-order valence-electron chi connectivity index (χ3n) is 3.59. The fourth-order valence-electron chi connectivity index (χ4n) is 2.61. The molecule has 0 atom stereocenters. The van der Waals surface area contributed by atoms with Gasteiger partial charge in [-0.15, -0.1) is 0 Å². The van der Waals surface area contributed by atoms with Crippen molar-refractivity contribution in [3.8, 4) is 0 Å². The van der Waals surface area contributed by atoms with Crippen LogP contribution in [0.3, 0.4) is 0 Å². The van der Waals surface area contributed by atoms with Crippen LogP contribution in [0.4, 0.5) is 0 Å². The number of piperidine rings is 1. The number of hydrogen-bond donors (Lipinski definition) is 2. The van der Waals surface area contributed by atoms with Gasteiger partial charge in [0.2, 0.25) is 0 Å². The van der Waals surface area contributed by atoms with Crippen molar-refractivity contribution >= 4 is 11.9 Å². The van der Waals surface area contributed by atoms with Gasteiger partial charge in [0.15, 0.2) is 5.96 Å². The van der Waals surface area contributed by atoms with Crippen LogP contribution in [-0.4, -0.2) is 48.5 Å². The molecule has 1 spiro atoms. The summed E-state index contributed by atoms with van der Waals surface area (Å²) in [5, 5.41) is 6.13. The van der Waals surface area contributed by atoms with Crippen LogP contribution in [0.15, 0.2) is 4.99 Å². The van der Waals surface area contributed by atoms with E-state index in [2.05, 4.69) is 27.4 Å². The van der Waals surface area contributed by atoms with Gasteiger partial charge in [-0.3, -0.25) is 15.1 Å². The summed E-state index contributed by atoms with van der Waals surface area (Å²) < 4.78 is 0. The highest BCUT2D eigenvalue weighted by molar-refractivity contribution is 6.09. The molecule has 2 aliphatic rings. The molecule has 0 bridgehead atoms. The number of aliphatic imine (C=N–C) groups is 1. The topological polar surface area (TPSA) is 56.7 Å². The monoisotopic (exact) mass is 238 g/mol. The number of carbonyl (C=O) groups is 1. The van der Waals surface area contributed by atoms with Crippen LogP contribution in [0.1, 0.15) is 33.1 Å². The summed E-state index contributed by atoms with van der Waals surface area (Å²) in [5.41, 5.74) is -0.391. The van der Waals surface area contributed by atoms with E-state index in [9.17, 15) is 4.79 Å². The van der Waals surface area contributed by atoms with Gasteiger partial charge in [-0.25, -0.2) is 0 Å². The minimum atomic E-state index is -0.391. The average molecular weight is 238 g/mol. The van der Waals surface area contributed by atoms with Gasteiger partial charge < -0.3 is 10.2 Å². The Bertz CT molecular complexity index is 318. The zero-order valence-electron chi connectivity index (χ0n) is 10.8. The summed E-state index contributed by atoms with van der Waals surface area (Å²) >= 11 is 0. The van der Waals surface area contributed by atoms with Crippen molar-refractivity contribution < 1.29 is 4.79 Å². The van der Waals surface area contributed by atoms with Crippen molar-refractivity contribution in [2.24, 2.45) is 4.99 Å². The van der Waals surface area contributed by atoms with Gasteiger partial charge in [0, 0.05) is 19.6 Å². The van der Waals surface area contributed by atoms with E-state index in [1.54, 1.807) is 0 Å². The molecule has 0 aromatic carbocycles. The molecule has 17 heavy (non-hydrogen) atoms. The predicted octanol–water partition coefficient (Wildman–Crippen LogP) is 0.326. The zero-order chi connectivity index (χ0) is 12.3. The molecular formula is C12H22N4O. The van der Waals surface area contributed by atoms with Gasteiger partial charge >= 0.3 is 0 Å². The van der Waals surface area contributed by atoms with E-state index in [-0.39, 0.29) is 5.91 Å². The molecule has 2 N–H and O–H groups in total. The number of rotatable bonds is 3. The van der Waals surface area contributed by atoms with Crippen molar-refractivity contribution in [3.63, 3.8) is 0 Å². The Morgan fingerprint density at radius 2 is 2.06 bits per heavy atom. The van der Waals surface area contributed by atoms with Gasteiger partial charge in [0.1, 0.15) is 5.54 Å². The smallest absolute Gasteiger partial charge is 0.252 e. The van der Waals surface area contributed by atoms with Gasteiger partial charge in [-0.2, -0.15) is 0 Å². The third kappa shape index (κ3) is 2.44. The summed E-state index contributed by atoms with van der Waals surface area (Å²) in [4.78, 5) is 18.7. The quantitative estimate of drug-likeness (QED) is 0.745. The predicted molar refractivity (Wildman–Crippen MR) is 68.0 cm³/mol. The van der Waals surface area contributed by atoms with E-state index in [4.69, 9.17) is 0 Å². The summed E-state index contributed by atoms with van der Waals surface area (Å²) in [6.45, 7) is 7.97. The number of hydrogen-bond acceptors (Lipinski definition) is 3.